The van der Waals surface area contributed by atoms with E-state index in [1.165, 1.54) is 5.39 Å². The summed E-state index contributed by atoms with van der Waals surface area (Å²) in [4.78, 5) is 10.3. The van der Waals surface area contributed by atoms with Crippen molar-refractivity contribution in [2.45, 2.75) is 13.3 Å². The maximum Gasteiger partial charge on any atom is 0.114 e. The molecule has 6 aromatic rings. The van der Waals surface area contributed by atoms with E-state index in [-0.39, 0.29) is 0 Å². The van der Waals surface area contributed by atoms with Gasteiger partial charge in [-0.2, -0.15) is 0 Å². The zero-order chi connectivity index (χ0) is 21.7. The normalized spacial score (nSPS) is 11.6. The molecule has 0 saturated heterocycles. The Balaban J connectivity index is 1.81. The number of imidazole rings is 1. The smallest absolute Gasteiger partial charge is 0.114 e. The lowest BCUT2D eigenvalue weighted by molar-refractivity contribution is 0.908. The van der Waals surface area contributed by atoms with E-state index in [0.29, 0.717) is 0 Å². The second kappa shape index (κ2) is 7.57. The summed E-state index contributed by atoms with van der Waals surface area (Å²) in [6.07, 6.45) is 0.846. The minimum Gasteiger partial charge on any atom is -0.296 e. The van der Waals surface area contributed by atoms with E-state index in [0.717, 1.165) is 61.0 Å². The average Bonchev–Trinajstić information content (AvgIpc) is 3.23. The van der Waals surface area contributed by atoms with Crippen LogP contribution in [0.5, 0.6) is 0 Å². The maximum absolute atomic E-state index is 5.16. The van der Waals surface area contributed by atoms with Gasteiger partial charge in [0, 0.05) is 32.9 Å². The van der Waals surface area contributed by atoms with Crippen molar-refractivity contribution >= 4 is 48.6 Å². The lowest BCUT2D eigenvalue weighted by Crippen LogP contribution is -1.99. The van der Waals surface area contributed by atoms with Crippen molar-refractivity contribution in [1.82, 2.24) is 14.5 Å². The maximum atomic E-state index is 5.16. The number of fused-ring (bicyclic) bond motifs is 5. The number of aryl methyl sites for hydroxylation is 1. The van der Waals surface area contributed by atoms with Crippen LogP contribution in [0.25, 0.3) is 49.7 Å². The molecular formula is C28H20BrN3. The number of benzene rings is 4. The van der Waals surface area contributed by atoms with Gasteiger partial charge in [-0.3, -0.25) is 4.57 Å². The third kappa shape index (κ3) is 2.94. The molecule has 0 N–H and O–H groups in total. The molecule has 4 heteroatoms. The monoisotopic (exact) mass is 477 g/mol. The van der Waals surface area contributed by atoms with Crippen molar-refractivity contribution in [3.63, 3.8) is 0 Å². The minimum atomic E-state index is 0.846. The van der Waals surface area contributed by atoms with Gasteiger partial charge in [0.2, 0.25) is 0 Å². The van der Waals surface area contributed by atoms with Crippen LogP contribution < -0.4 is 0 Å². The third-order valence-corrected chi connectivity index (χ3v) is 6.48. The van der Waals surface area contributed by atoms with Crippen LogP contribution in [0.1, 0.15) is 12.7 Å². The van der Waals surface area contributed by atoms with Gasteiger partial charge >= 0.3 is 0 Å². The fourth-order valence-electron chi connectivity index (χ4n) is 4.58. The molecule has 6 rings (SSSR count). The lowest BCUT2D eigenvalue weighted by atomic mass is 9.99. The van der Waals surface area contributed by atoms with E-state index in [9.17, 15) is 0 Å². The van der Waals surface area contributed by atoms with Gasteiger partial charge in [-0.05, 0) is 41.8 Å². The first kappa shape index (κ1) is 19.2. The Kier molecular flexibility index (Phi) is 4.54. The van der Waals surface area contributed by atoms with Gasteiger partial charge in [-0.15, -0.1) is 0 Å². The predicted octanol–water partition coefficient (Wildman–Crippen LogP) is 7.72. The Bertz CT molecular complexity index is 1620. The van der Waals surface area contributed by atoms with Gasteiger partial charge in [0.05, 0.1) is 22.2 Å². The molecule has 0 bridgehead atoms. The highest BCUT2D eigenvalue weighted by Gasteiger charge is 2.19. The number of nitrogens with zero attached hydrogens (tertiary/aromatic N) is 3. The fraction of sp³-hybridized carbons (Fsp3) is 0.0714. The van der Waals surface area contributed by atoms with Gasteiger partial charge < -0.3 is 0 Å². The fourth-order valence-corrected chi connectivity index (χ4v) is 4.98. The van der Waals surface area contributed by atoms with Crippen LogP contribution >= 0.6 is 15.9 Å². The van der Waals surface area contributed by atoms with Crippen molar-refractivity contribution in [3.05, 3.63) is 101 Å². The molecule has 0 radical (unpaired) electrons. The minimum absolute atomic E-state index is 0.846. The van der Waals surface area contributed by atoms with Crippen LogP contribution in [0.4, 0.5) is 0 Å². The SMILES string of the molecule is CCc1nc2c3c(-c4cccc(Br)c4)nc4ccccc4c3ccc2n1-c1ccccc1. The summed E-state index contributed by atoms with van der Waals surface area (Å²) < 4.78 is 3.31. The number of rotatable bonds is 3. The van der Waals surface area contributed by atoms with E-state index in [2.05, 4.69) is 100 Å². The van der Waals surface area contributed by atoms with Crippen LogP contribution in [-0.4, -0.2) is 14.5 Å². The van der Waals surface area contributed by atoms with Crippen LogP contribution in [0.2, 0.25) is 0 Å². The van der Waals surface area contributed by atoms with Gasteiger partial charge in [0.1, 0.15) is 5.82 Å². The van der Waals surface area contributed by atoms with E-state index in [1.807, 2.05) is 18.2 Å². The molecular weight excluding hydrogens is 458 g/mol. The van der Waals surface area contributed by atoms with Crippen molar-refractivity contribution in [2.75, 3.05) is 0 Å². The Morgan fingerprint density at radius 2 is 1.59 bits per heavy atom. The van der Waals surface area contributed by atoms with Gasteiger partial charge in [-0.1, -0.05) is 77.5 Å². The first-order valence-electron chi connectivity index (χ1n) is 10.8. The molecule has 0 unspecified atom stereocenters. The number of halogens is 1. The molecule has 0 saturated carbocycles. The molecule has 32 heavy (non-hydrogen) atoms. The van der Waals surface area contributed by atoms with E-state index in [1.54, 1.807) is 0 Å². The summed E-state index contributed by atoms with van der Waals surface area (Å²) in [7, 11) is 0. The van der Waals surface area contributed by atoms with Gasteiger partial charge in [0.25, 0.3) is 0 Å². The van der Waals surface area contributed by atoms with Crippen molar-refractivity contribution in [2.24, 2.45) is 0 Å². The summed E-state index contributed by atoms with van der Waals surface area (Å²) in [6.45, 7) is 2.16. The molecule has 3 nitrogen and oxygen atoms in total. The Labute approximate surface area is 194 Å². The second-order valence-electron chi connectivity index (χ2n) is 7.90. The van der Waals surface area contributed by atoms with Crippen molar-refractivity contribution in [3.8, 4) is 16.9 Å². The standard InChI is InChI=1S/C28H20BrN3/c1-2-25-31-28-24(32(25)20-11-4-3-5-12-20)16-15-22-21-13-6-7-14-23(21)30-27(26(22)28)18-9-8-10-19(29)17-18/h3-17H,2H2,1H3. The third-order valence-electron chi connectivity index (χ3n) is 5.99. The van der Waals surface area contributed by atoms with Gasteiger partial charge in [0.15, 0.2) is 0 Å². The quantitative estimate of drug-likeness (QED) is 0.244. The van der Waals surface area contributed by atoms with Crippen LogP contribution in [-0.2, 0) is 6.42 Å². The first-order chi connectivity index (χ1) is 15.7. The van der Waals surface area contributed by atoms with E-state index >= 15 is 0 Å². The Hall–Kier alpha value is -3.50. The van der Waals surface area contributed by atoms with Crippen LogP contribution in [0.3, 0.4) is 0 Å². The molecule has 0 aliphatic rings. The molecule has 0 aliphatic heterocycles. The van der Waals surface area contributed by atoms with Crippen LogP contribution in [0, 0.1) is 0 Å². The summed E-state index contributed by atoms with van der Waals surface area (Å²) in [5.74, 6) is 1.05. The number of hydrogen-bond acceptors (Lipinski definition) is 2. The summed E-state index contributed by atoms with van der Waals surface area (Å²) in [5.41, 5.74) is 6.27. The number of aromatic nitrogens is 3. The molecule has 2 heterocycles. The highest BCUT2D eigenvalue weighted by Crippen LogP contribution is 2.38. The van der Waals surface area contributed by atoms with Crippen molar-refractivity contribution < 1.29 is 0 Å². The molecule has 0 amide bonds. The predicted molar refractivity (Wildman–Crippen MR) is 136 cm³/mol. The first-order valence-corrected chi connectivity index (χ1v) is 11.6. The second-order valence-corrected chi connectivity index (χ2v) is 8.81. The highest BCUT2D eigenvalue weighted by molar-refractivity contribution is 9.10. The van der Waals surface area contributed by atoms with Gasteiger partial charge in [-0.25, -0.2) is 9.97 Å². The molecule has 0 aliphatic carbocycles. The average molecular weight is 478 g/mol. The summed E-state index contributed by atoms with van der Waals surface area (Å²) in [5, 5.41) is 3.43. The van der Waals surface area contributed by atoms with E-state index < -0.39 is 0 Å². The van der Waals surface area contributed by atoms with Crippen LogP contribution in [0.15, 0.2) is 95.5 Å². The number of hydrogen-bond donors (Lipinski definition) is 0. The van der Waals surface area contributed by atoms with Crippen molar-refractivity contribution in [1.29, 1.82) is 0 Å². The number of para-hydroxylation sites is 2. The van der Waals surface area contributed by atoms with E-state index in [4.69, 9.17) is 9.97 Å². The molecule has 4 aromatic carbocycles. The molecule has 2 aromatic heterocycles. The summed E-state index contributed by atoms with van der Waals surface area (Å²) in [6, 6.07) is 31.6. The summed E-state index contributed by atoms with van der Waals surface area (Å²) >= 11 is 3.63. The lowest BCUT2D eigenvalue weighted by Gasteiger charge is -2.12. The Morgan fingerprint density at radius 1 is 0.781 bits per heavy atom. The molecule has 0 fully saturated rings. The largest absolute Gasteiger partial charge is 0.296 e. The molecule has 0 atom stereocenters. The molecule has 154 valence electrons. The number of pyridine rings is 1. The Morgan fingerprint density at radius 3 is 2.41 bits per heavy atom. The topological polar surface area (TPSA) is 30.7 Å². The zero-order valence-electron chi connectivity index (χ0n) is 17.6. The molecule has 0 spiro atoms. The highest BCUT2D eigenvalue weighted by atomic mass is 79.9. The zero-order valence-corrected chi connectivity index (χ0v) is 19.2.